The van der Waals surface area contributed by atoms with Gasteiger partial charge < -0.3 is 14.5 Å². The average Bonchev–Trinajstić information content (AvgIpc) is 2.53. The number of anilines is 2. The van der Waals surface area contributed by atoms with Gasteiger partial charge in [0.15, 0.2) is 6.61 Å². The van der Waals surface area contributed by atoms with E-state index in [0.29, 0.717) is 6.54 Å². The Bertz CT molecular complexity index is 684. The third kappa shape index (κ3) is 2.91. The number of carbonyl (C=O) groups is 1. The topological polar surface area (TPSA) is 32.8 Å². The maximum absolute atomic E-state index is 12.5. The van der Waals surface area contributed by atoms with Crippen molar-refractivity contribution in [3.8, 4) is 5.75 Å². The van der Waals surface area contributed by atoms with Gasteiger partial charge in [-0.3, -0.25) is 4.79 Å². The zero-order valence-electron chi connectivity index (χ0n) is 13.0. The van der Waals surface area contributed by atoms with E-state index in [1.807, 2.05) is 67.4 Å². The summed E-state index contributed by atoms with van der Waals surface area (Å²) in [6, 6.07) is 15.7. The minimum atomic E-state index is -0.0120. The first-order chi connectivity index (χ1) is 10.6. The standard InChI is InChI=1S/C18H20N2O2/c1-14-6-5-7-15(12-14)22-13-18(21)20-11-10-19(2)16-8-3-4-9-17(16)20/h3-9,12H,10-11,13H2,1-2H3. The number of nitrogens with zero attached hydrogens (tertiary/aromatic N) is 2. The van der Waals surface area contributed by atoms with Gasteiger partial charge in [-0.15, -0.1) is 0 Å². The van der Waals surface area contributed by atoms with Gasteiger partial charge in [-0.2, -0.15) is 0 Å². The molecule has 0 aromatic heterocycles. The monoisotopic (exact) mass is 296 g/mol. The smallest absolute Gasteiger partial charge is 0.265 e. The molecule has 2 aromatic rings. The minimum absolute atomic E-state index is 0.0120. The molecule has 4 nitrogen and oxygen atoms in total. The summed E-state index contributed by atoms with van der Waals surface area (Å²) >= 11 is 0. The summed E-state index contributed by atoms with van der Waals surface area (Å²) in [7, 11) is 2.05. The average molecular weight is 296 g/mol. The quantitative estimate of drug-likeness (QED) is 0.873. The third-order valence-corrected chi connectivity index (χ3v) is 3.90. The Balaban J connectivity index is 1.72. The van der Waals surface area contributed by atoms with Crippen LogP contribution in [0.4, 0.5) is 11.4 Å². The van der Waals surface area contributed by atoms with Crippen molar-refractivity contribution in [2.45, 2.75) is 6.92 Å². The molecule has 2 aromatic carbocycles. The van der Waals surface area contributed by atoms with Crippen molar-refractivity contribution in [2.75, 3.05) is 36.5 Å². The minimum Gasteiger partial charge on any atom is -0.484 e. The highest BCUT2D eigenvalue weighted by Crippen LogP contribution is 2.31. The maximum Gasteiger partial charge on any atom is 0.265 e. The molecule has 1 aliphatic heterocycles. The van der Waals surface area contributed by atoms with E-state index in [9.17, 15) is 4.79 Å². The fraction of sp³-hybridized carbons (Fsp3) is 0.278. The van der Waals surface area contributed by atoms with E-state index in [-0.39, 0.29) is 12.5 Å². The molecule has 0 N–H and O–H groups in total. The normalized spacial score (nSPS) is 13.7. The van der Waals surface area contributed by atoms with Crippen LogP contribution in [0, 0.1) is 6.92 Å². The van der Waals surface area contributed by atoms with Gasteiger partial charge in [0, 0.05) is 20.1 Å². The Kier molecular flexibility index (Phi) is 4.00. The maximum atomic E-state index is 12.5. The number of aryl methyl sites for hydroxylation is 1. The number of hydrogen-bond acceptors (Lipinski definition) is 3. The SMILES string of the molecule is Cc1cccc(OCC(=O)N2CCN(C)c3ccccc32)c1. The second-order valence-corrected chi connectivity index (χ2v) is 5.56. The summed E-state index contributed by atoms with van der Waals surface area (Å²) in [6.45, 7) is 3.57. The number of rotatable bonds is 3. The van der Waals surface area contributed by atoms with Gasteiger partial charge in [-0.1, -0.05) is 24.3 Å². The largest absolute Gasteiger partial charge is 0.484 e. The Hall–Kier alpha value is -2.49. The number of hydrogen-bond donors (Lipinski definition) is 0. The van der Waals surface area contributed by atoms with Gasteiger partial charge in [0.1, 0.15) is 5.75 Å². The van der Waals surface area contributed by atoms with E-state index in [4.69, 9.17) is 4.74 Å². The van der Waals surface area contributed by atoms with Crippen LogP contribution in [-0.2, 0) is 4.79 Å². The van der Waals surface area contributed by atoms with E-state index < -0.39 is 0 Å². The highest BCUT2D eigenvalue weighted by molar-refractivity contribution is 5.98. The molecule has 0 bridgehead atoms. The van der Waals surface area contributed by atoms with Gasteiger partial charge in [0.25, 0.3) is 5.91 Å². The first kappa shape index (κ1) is 14.4. The molecule has 0 aliphatic carbocycles. The van der Waals surface area contributed by atoms with Gasteiger partial charge in [0.05, 0.1) is 11.4 Å². The van der Waals surface area contributed by atoms with Crippen LogP contribution in [-0.4, -0.2) is 32.7 Å². The molecule has 0 radical (unpaired) electrons. The van der Waals surface area contributed by atoms with E-state index in [2.05, 4.69) is 4.90 Å². The van der Waals surface area contributed by atoms with Crippen LogP contribution in [0.15, 0.2) is 48.5 Å². The summed E-state index contributed by atoms with van der Waals surface area (Å²) in [4.78, 5) is 16.5. The lowest BCUT2D eigenvalue weighted by Gasteiger charge is -2.35. The van der Waals surface area contributed by atoms with Crippen molar-refractivity contribution < 1.29 is 9.53 Å². The summed E-state index contributed by atoms with van der Waals surface area (Å²) in [5.74, 6) is 0.720. The molecule has 1 aliphatic rings. The van der Waals surface area contributed by atoms with Gasteiger partial charge in [-0.25, -0.2) is 0 Å². The summed E-state index contributed by atoms with van der Waals surface area (Å²) < 4.78 is 5.64. The van der Waals surface area contributed by atoms with Crippen LogP contribution in [0.2, 0.25) is 0 Å². The van der Waals surface area contributed by atoms with Crippen LogP contribution in [0.1, 0.15) is 5.56 Å². The summed E-state index contributed by atoms with van der Waals surface area (Å²) in [5.41, 5.74) is 3.15. The Labute approximate surface area is 130 Å². The molecule has 0 fully saturated rings. The molecule has 114 valence electrons. The van der Waals surface area contributed by atoms with E-state index in [0.717, 1.165) is 29.2 Å². The van der Waals surface area contributed by atoms with Crippen LogP contribution in [0.5, 0.6) is 5.75 Å². The zero-order chi connectivity index (χ0) is 15.5. The fourth-order valence-corrected chi connectivity index (χ4v) is 2.69. The number of ether oxygens (including phenoxy) is 1. The van der Waals surface area contributed by atoms with Crippen LogP contribution < -0.4 is 14.5 Å². The van der Waals surface area contributed by atoms with Crippen molar-refractivity contribution in [3.63, 3.8) is 0 Å². The molecule has 1 heterocycles. The molecule has 0 spiro atoms. The molecule has 0 saturated carbocycles. The first-order valence-electron chi connectivity index (χ1n) is 7.45. The van der Waals surface area contributed by atoms with Crippen molar-refractivity contribution >= 4 is 17.3 Å². The number of para-hydroxylation sites is 2. The molecule has 1 amide bonds. The van der Waals surface area contributed by atoms with Crippen molar-refractivity contribution in [1.29, 1.82) is 0 Å². The zero-order valence-corrected chi connectivity index (χ0v) is 13.0. The predicted molar refractivity (Wildman–Crippen MR) is 88.7 cm³/mol. The molecule has 22 heavy (non-hydrogen) atoms. The second-order valence-electron chi connectivity index (χ2n) is 5.56. The van der Waals surface area contributed by atoms with Gasteiger partial charge in [-0.05, 0) is 36.8 Å². The van der Waals surface area contributed by atoms with Crippen molar-refractivity contribution in [2.24, 2.45) is 0 Å². The Morgan fingerprint density at radius 3 is 2.64 bits per heavy atom. The molecular weight excluding hydrogens is 276 g/mol. The Morgan fingerprint density at radius 2 is 1.86 bits per heavy atom. The van der Waals surface area contributed by atoms with Crippen molar-refractivity contribution in [3.05, 3.63) is 54.1 Å². The second kappa shape index (κ2) is 6.10. The lowest BCUT2D eigenvalue weighted by atomic mass is 10.1. The highest BCUT2D eigenvalue weighted by Gasteiger charge is 2.24. The van der Waals surface area contributed by atoms with E-state index in [1.54, 1.807) is 0 Å². The number of likely N-dealkylation sites (N-methyl/N-ethyl adjacent to an activating group) is 1. The number of fused-ring (bicyclic) bond motifs is 1. The lowest BCUT2D eigenvalue weighted by Crippen LogP contribution is -2.44. The van der Waals surface area contributed by atoms with Crippen molar-refractivity contribution in [1.82, 2.24) is 0 Å². The molecule has 3 rings (SSSR count). The van der Waals surface area contributed by atoms with Crippen LogP contribution in [0.3, 0.4) is 0 Å². The van der Waals surface area contributed by atoms with Crippen LogP contribution >= 0.6 is 0 Å². The summed E-state index contributed by atoms with van der Waals surface area (Å²) in [6.07, 6.45) is 0. The first-order valence-corrected chi connectivity index (χ1v) is 7.45. The molecule has 0 saturated heterocycles. The summed E-state index contributed by atoms with van der Waals surface area (Å²) in [5, 5.41) is 0. The van der Waals surface area contributed by atoms with Gasteiger partial charge >= 0.3 is 0 Å². The van der Waals surface area contributed by atoms with Crippen LogP contribution in [0.25, 0.3) is 0 Å². The van der Waals surface area contributed by atoms with Gasteiger partial charge in [0.2, 0.25) is 0 Å². The van der Waals surface area contributed by atoms with E-state index in [1.165, 1.54) is 0 Å². The predicted octanol–water partition coefficient (Wildman–Crippen LogP) is 2.86. The number of benzene rings is 2. The Morgan fingerprint density at radius 1 is 1.09 bits per heavy atom. The lowest BCUT2D eigenvalue weighted by molar-refractivity contribution is -0.120. The highest BCUT2D eigenvalue weighted by atomic mass is 16.5. The molecule has 0 atom stereocenters. The fourth-order valence-electron chi connectivity index (χ4n) is 2.69. The molecular formula is C18H20N2O2. The van der Waals surface area contributed by atoms with E-state index >= 15 is 0 Å². The number of carbonyl (C=O) groups excluding carboxylic acids is 1. The third-order valence-electron chi connectivity index (χ3n) is 3.90. The number of amides is 1. The molecule has 4 heteroatoms. The molecule has 0 unspecified atom stereocenters.